The first kappa shape index (κ1) is 20.1. The highest BCUT2D eigenvalue weighted by Gasteiger charge is 2.13. The molecule has 2 rings (SSSR count). The molecule has 0 radical (unpaired) electrons. The maximum absolute atomic E-state index is 11.8. The number of halogens is 1. The van der Waals surface area contributed by atoms with E-state index >= 15 is 0 Å². The van der Waals surface area contributed by atoms with Gasteiger partial charge in [0.25, 0.3) is 0 Å². The fourth-order valence-corrected chi connectivity index (χ4v) is 2.55. The second-order valence-electron chi connectivity index (χ2n) is 7.19. The maximum Gasteiger partial charge on any atom is 0.314 e. The minimum atomic E-state index is -0.189. The van der Waals surface area contributed by atoms with E-state index in [-0.39, 0.29) is 11.4 Å². The molecule has 140 valence electrons. The monoisotopic (exact) mass is 374 g/mol. The molecule has 0 unspecified atom stereocenters. The topological polar surface area (TPSA) is 50.4 Å². The molecule has 26 heavy (non-hydrogen) atoms. The van der Waals surface area contributed by atoms with Crippen molar-refractivity contribution in [3.05, 3.63) is 64.7 Å². The zero-order valence-electron chi connectivity index (χ0n) is 15.6. The van der Waals surface area contributed by atoms with E-state index < -0.39 is 0 Å². The number of carbonyl (C=O) groups is 1. The minimum Gasteiger partial charge on any atom is -0.492 e. The summed E-state index contributed by atoms with van der Waals surface area (Å²) in [7, 11) is 0. The third-order valence-electron chi connectivity index (χ3n) is 3.97. The lowest BCUT2D eigenvalue weighted by atomic mass is 9.87. The smallest absolute Gasteiger partial charge is 0.314 e. The Hall–Kier alpha value is -2.20. The Morgan fingerprint density at radius 1 is 1.04 bits per heavy atom. The molecule has 2 amide bonds. The molecule has 0 aliphatic carbocycles. The zero-order chi connectivity index (χ0) is 19.0. The van der Waals surface area contributed by atoms with Gasteiger partial charge in [0.05, 0.1) is 6.54 Å². The number of carbonyl (C=O) groups excluding carboxylic acids is 1. The molecule has 0 aromatic heterocycles. The average molecular weight is 375 g/mol. The van der Waals surface area contributed by atoms with Crippen molar-refractivity contribution in [2.45, 2.75) is 32.6 Å². The highest BCUT2D eigenvalue weighted by Crippen LogP contribution is 2.25. The Kier molecular flexibility index (Phi) is 7.34. The van der Waals surface area contributed by atoms with Crippen molar-refractivity contribution in [3.8, 4) is 5.75 Å². The van der Waals surface area contributed by atoms with Gasteiger partial charge in [0.1, 0.15) is 12.4 Å². The summed E-state index contributed by atoms with van der Waals surface area (Å²) in [5.41, 5.74) is 2.45. The number of hydrogen-bond acceptors (Lipinski definition) is 2. The molecule has 5 heteroatoms. The second kappa shape index (κ2) is 9.48. The van der Waals surface area contributed by atoms with Crippen LogP contribution in [0.15, 0.2) is 48.5 Å². The van der Waals surface area contributed by atoms with E-state index in [1.807, 2.05) is 42.5 Å². The number of ether oxygens (including phenoxy) is 1. The van der Waals surface area contributed by atoms with Crippen LogP contribution in [0.25, 0.3) is 0 Å². The largest absolute Gasteiger partial charge is 0.492 e. The molecule has 0 saturated carbocycles. The Morgan fingerprint density at radius 2 is 1.73 bits per heavy atom. The molecule has 0 spiro atoms. The van der Waals surface area contributed by atoms with E-state index in [9.17, 15) is 4.79 Å². The standard InChI is InChI=1S/C21H27ClN2O2/c1-21(2,3)17-5-4-6-19(15-17)26-14-13-24-20(25)23-12-11-16-7-9-18(22)10-8-16/h4-10,15H,11-14H2,1-3H3,(H2,23,24,25). The summed E-state index contributed by atoms with van der Waals surface area (Å²) in [6, 6.07) is 15.5. The van der Waals surface area contributed by atoms with Gasteiger partial charge in [0.2, 0.25) is 0 Å². The van der Waals surface area contributed by atoms with Gasteiger partial charge in [-0.05, 0) is 47.2 Å². The van der Waals surface area contributed by atoms with Gasteiger partial charge in [-0.3, -0.25) is 0 Å². The first-order valence-electron chi connectivity index (χ1n) is 8.84. The molecule has 2 aromatic carbocycles. The van der Waals surface area contributed by atoms with Gasteiger partial charge in [0, 0.05) is 11.6 Å². The third-order valence-corrected chi connectivity index (χ3v) is 4.22. The predicted octanol–water partition coefficient (Wildman–Crippen LogP) is 4.56. The molecule has 0 heterocycles. The van der Waals surface area contributed by atoms with Gasteiger partial charge >= 0.3 is 6.03 Å². The number of rotatable bonds is 7. The van der Waals surface area contributed by atoms with Crippen molar-refractivity contribution in [1.29, 1.82) is 0 Å². The molecule has 0 saturated heterocycles. The van der Waals surface area contributed by atoms with Crippen molar-refractivity contribution in [2.75, 3.05) is 19.7 Å². The number of benzene rings is 2. The summed E-state index contributed by atoms with van der Waals surface area (Å²) >= 11 is 5.85. The van der Waals surface area contributed by atoms with Gasteiger partial charge < -0.3 is 15.4 Å². The van der Waals surface area contributed by atoms with Crippen LogP contribution in [0.3, 0.4) is 0 Å². The third kappa shape index (κ3) is 6.96. The predicted molar refractivity (Wildman–Crippen MR) is 107 cm³/mol. The SMILES string of the molecule is CC(C)(C)c1cccc(OCCNC(=O)NCCc2ccc(Cl)cc2)c1. The summed E-state index contributed by atoms with van der Waals surface area (Å²) in [6.45, 7) is 7.96. The van der Waals surface area contributed by atoms with Crippen LogP contribution in [0.4, 0.5) is 4.79 Å². The van der Waals surface area contributed by atoms with Crippen molar-refractivity contribution >= 4 is 17.6 Å². The lowest BCUT2D eigenvalue weighted by Crippen LogP contribution is -2.38. The molecule has 2 aromatic rings. The van der Waals surface area contributed by atoms with Crippen LogP contribution in [-0.4, -0.2) is 25.7 Å². The van der Waals surface area contributed by atoms with Gasteiger partial charge in [0.15, 0.2) is 0 Å². The molecule has 4 nitrogen and oxygen atoms in total. The molecular formula is C21H27ClN2O2. The van der Waals surface area contributed by atoms with Crippen LogP contribution in [0, 0.1) is 0 Å². The van der Waals surface area contributed by atoms with Crippen LogP contribution in [0.1, 0.15) is 31.9 Å². The number of urea groups is 1. The highest BCUT2D eigenvalue weighted by molar-refractivity contribution is 6.30. The van der Waals surface area contributed by atoms with Crippen molar-refractivity contribution < 1.29 is 9.53 Å². The molecule has 0 aliphatic heterocycles. The average Bonchev–Trinajstić information content (AvgIpc) is 2.60. The fourth-order valence-electron chi connectivity index (χ4n) is 2.42. The van der Waals surface area contributed by atoms with Gasteiger partial charge in [-0.1, -0.05) is 56.6 Å². The Balaban J connectivity index is 1.63. The summed E-state index contributed by atoms with van der Waals surface area (Å²) in [5.74, 6) is 0.822. The zero-order valence-corrected chi connectivity index (χ0v) is 16.4. The van der Waals surface area contributed by atoms with E-state index in [2.05, 4.69) is 37.5 Å². The molecule has 0 bridgehead atoms. The van der Waals surface area contributed by atoms with Crippen LogP contribution in [0.5, 0.6) is 5.75 Å². The Bertz CT molecular complexity index is 709. The van der Waals surface area contributed by atoms with Gasteiger partial charge in [-0.25, -0.2) is 4.79 Å². The lowest BCUT2D eigenvalue weighted by Gasteiger charge is -2.19. The molecule has 0 aliphatic rings. The fraction of sp³-hybridized carbons (Fsp3) is 0.381. The highest BCUT2D eigenvalue weighted by atomic mass is 35.5. The minimum absolute atomic E-state index is 0.0849. The first-order chi connectivity index (χ1) is 12.3. The van der Waals surface area contributed by atoms with Crippen LogP contribution < -0.4 is 15.4 Å². The van der Waals surface area contributed by atoms with E-state index in [0.717, 1.165) is 17.7 Å². The number of hydrogen-bond donors (Lipinski definition) is 2. The van der Waals surface area contributed by atoms with Crippen LogP contribution >= 0.6 is 11.6 Å². The van der Waals surface area contributed by atoms with Crippen molar-refractivity contribution in [3.63, 3.8) is 0 Å². The van der Waals surface area contributed by atoms with E-state index in [4.69, 9.17) is 16.3 Å². The lowest BCUT2D eigenvalue weighted by molar-refractivity contribution is 0.236. The Morgan fingerprint density at radius 3 is 2.42 bits per heavy atom. The van der Waals surface area contributed by atoms with Crippen LogP contribution in [0.2, 0.25) is 5.02 Å². The van der Waals surface area contributed by atoms with E-state index in [1.54, 1.807) is 0 Å². The summed E-state index contributed by atoms with van der Waals surface area (Å²) < 4.78 is 5.72. The molecule has 2 N–H and O–H groups in total. The summed E-state index contributed by atoms with van der Waals surface area (Å²) in [6.07, 6.45) is 0.765. The summed E-state index contributed by atoms with van der Waals surface area (Å²) in [4.78, 5) is 11.8. The number of nitrogens with one attached hydrogen (secondary N) is 2. The first-order valence-corrected chi connectivity index (χ1v) is 9.22. The summed E-state index contributed by atoms with van der Waals surface area (Å²) in [5, 5.41) is 6.35. The molecule has 0 fully saturated rings. The molecular weight excluding hydrogens is 348 g/mol. The van der Waals surface area contributed by atoms with Crippen molar-refractivity contribution in [1.82, 2.24) is 10.6 Å². The van der Waals surface area contributed by atoms with Crippen molar-refractivity contribution in [2.24, 2.45) is 0 Å². The molecule has 0 atom stereocenters. The van der Waals surface area contributed by atoms with E-state index in [1.165, 1.54) is 5.56 Å². The normalized spacial score (nSPS) is 11.1. The Labute approximate surface area is 160 Å². The van der Waals surface area contributed by atoms with Gasteiger partial charge in [-0.2, -0.15) is 0 Å². The van der Waals surface area contributed by atoms with Gasteiger partial charge in [-0.15, -0.1) is 0 Å². The maximum atomic E-state index is 11.8. The van der Waals surface area contributed by atoms with E-state index in [0.29, 0.717) is 24.7 Å². The van der Waals surface area contributed by atoms with Crippen LogP contribution in [-0.2, 0) is 11.8 Å². The number of amides is 2. The quantitative estimate of drug-likeness (QED) is 0.698. The second-order valence-corrected chi connectivity index (χ2v) is 7.62.